The largest absolute Gasteiger partial charge is 0.352 e. The topological polar surface area (TPSA) is 104 Å². The smallest absolute Gasteiger partial charge is 0.269 e. The molecule has 0 saturated heterocycles. The maximum Gasteiger partial charge on any atom is 0.269 e. The summed E-state index contributed by atoms with van der Waals surface area (Å²) in [5.74, 6) is -1.11. The van der Waals surface area contributed by atoms with Gasteiger partial charge in [-0.3, -0.25) is 14.4 Å². The molecule has 41 heavy (non-hydrogen) atoms. The van der Waals surface area contributed by atoms with Crippen molar-refractivity contribution >= 4 is 27.7 Å². The van der Waals surface area contributed by atoms with Crippen molar-refractivity contribution in [2.75, 3.05) is 6.54 Å². The molecule has 1 aliphatic heterocycles. The fourth-order valence-electron chi connectivity index (χ4n) is 4.85. The van der Waals surface area contributed by atoms with Gasteiger partial charge in [0.15, 0.2) is 0 Å². The Morgan fingerprint density at radius 1 is 0.927 bits per heavy atom. The number of sulfonamides is 1. The quantitative estimate of drug-likeness (QED) is 0.343. The summed E-state index contributed by atoms with van der Waals surface area (Å²) >= 11 is 0. The minimum absolute atomic E-state index is 0.0121. The summed E-state index contributed by atoms with van der Waals surface area (Å²) in [5, 5.41) is 3.04. The molecule has 9 heteroatoms. The van der Waals surface area contributed by atoms with Gasteiger partial charge in [0, 0.05) is 32.0 Å². The van der Waals surface area contributed by atoms with E-state index >= 15 is 0 Å². The van der Waals surface area contributed by atoms with Gasteiger partial charge >= 0.3 is 0 Å². The van der Waals surface area contributed by atoms with Gasteiger partial charge in [0.05, 0.1) is 5.56 Å². The first-order valence-corrected chi connectivity index (χ1v) is 15.4. The van der Waals surface area contributed by atoms with E-state index in [4.69, 9.17) is 0 Å². The molecule has 0 spiro atoms. The Bertz CT molecular complexity index is 1490. The van der Waals surface area contributed by atoms with E-state index in [0.717, 1.165) is 27.4 Å². The van der Waals surface area contributed by atoms with Gasteiger partial charge in [-0.15, -0.1) is 0 Å². The Balaban J connectivity index is 1.57. The zero-order chi connectivity index (χ0) is 29.6. The van der Waals surface area contributed by atoms with E-state index in [1.165, 1.54) is 12.1 Å². The van der Waals surface area contributed by atoms with Crippen LogP contribution >= 0.6 is 0 Å². The molecule has 0 radical (unpaired) electrons. The number of rotatable bonds is 12. The Morgan fingerprint density at radius 3 is 2.24 bits per heavy atom. The minimum atomic E-state index is -3.96. The maximum atomic E-state index is 13.8. The van der Waals surface area contributed by atoms with Crippen LogP contribution in [0.2, 0.25) is 0 Å². The van der Waals surface area contributed by atoms with Gasteiger partial charge < -0.3 is 10.2 Å². The van der Waals surface area contributed by atoms with E-state index in [2.05, 4.69) is 5.32 Å². The zero-order valence-corrected chi connectivity index (χ0v) is 24.6. The second-order valence-corrected chi connectivity index (χ2v) is 12.3. The highest BCUT2D eigenvalue weighted by atomic mass is 32.2. The number of aryl methyl sites for hydroxylation is 1. The van der Waals surface area contributed by atoms with Crippen molar-refractivity contribution in [3.8, 4) is 0 Å². The van der Waals surface area contributed by atoms with E-state index in [0.29, 0.717) is 6.42 Å². The van der Waals surface area contributed by atoms with Crippen LogP contribution in [0, 0.1) is 6.92 Å². The van der Waals surface area contributed by atoms with Crippen LogP contribution in [-0.2, 0) is 32.6 Å². The van der Waals surface area contributed by atoms with Crippen molar-refractivity contribution in [2.45, 2.75) is 70.0 Å². The molecule has 0 saturated carbocycles. The molecule has 0 fully saturated rings. The lowest BCUT2D eigenvalue weighted by Crippen LogP contribution is -2.52. The first kappa shape index (κ1) is 30.0. The first-order chi connectivity index (χ1) is 19.6. The molecule has 3 amide bonds. The van der Waals surface area contributed by atoms with Crippen LogP contribution in [0.3, 0.4) is 0 Å². The lowest BCUT2D eigenvalue weighted by Gasteiger charge is -2.32. The molecule has 216 valence electrons. The normalized spacial score (nSPS) is 15.2. The van der Waals surface area contributed by atoms with Crippen LogP contribution in [-0.4, -0.2) is 54.0 Å². The molecule has 1 aliphatic rings. The standard InChI is InChI=1S/C32H37N3O5S/c1-4-24(3)33-31(37)28(21-25-11-6-5-7-12-25)34(22-26-18-16-23(2)17-19-26)30(36)15-10-20-35-32(38)27-13-8-9-14-29(27)41(35,39)40/h5-9,11-14,16-19,24,28H,4,10,15,20-22H2,1-3H3,(H,33,37)/t24-,28-/m1/s1. The molecule has 2 atom stereocenters. The van der Waals surface area contributed by atoms with Gasteiger partial charge in [-0.25, -0.2) is 12.7 Å². The number of fused-ring (bicyclic) bond motifs is 1. The Kier molecular flexibility index (Phi) is 9.60. The number of carbonyl (C=O) groups excluding carboxylic acids is 3. The van der Waals surface area contributed by atoms with E-state index in [1.54, 1.807) is 17.0 Å². The van der Waals surface area contributed by atoms with Gasteiger partial charge in [0.25, 0.3) is 15.9 Å². The monoisotopic (exact) mass is 575 g/mol. The highest BCUT2D eigenvalue weighted by molar-refractivity contribution is 7.90. The van der Waals surface area contributed by atoms with Crippen LogP contribution < -0.4 is 5.32 Å². The lowest BCUT2D eigenvalue weighted by molar-refractivity contribution is -0.141. The number of carbonyl (C=O) groups is 3. The van der Waals surface area contributed by atoms with Crippen molar-refractivity contribution in [3.05, 3.63) is 101 Å². The fourth-order valence-corrected chi connectivity index (χ4v) is 6.46. The van der Waals surface area contributed by atoms with Crippen LogP contribution in [0.25, 0.3) is 0 Å². The molecule has 0 aromatic heterocycles. The van der Waals surface area contributed by atoms with Crippen molar-refractivity contribution in [3.63, 3.8) is 0 Å². The Hall–Kier alpha value is -3.98. The third-order valence-electron chi connectivity index (χ3n) is 7.41. The molecule has 1 N–H and O–H groups in total. The number of nitrogens with one attached hydrogen (secondary N) is 1. The van der Waals surface area contributed by atoms with Crippen molar-refractivity contribution < 1.29 is 22.8 Å². The third kappa shape index (κ3) is 7.03. The van der Waals surface area contributed by atoms with E-state index in [1.807, 2.05) is 75.4 Å². The number of benzene rings is 3. The molecule has 3 aromatic carbocycles. The van der Waals surface area contributed by atoms with Crippen molar-refractivity contribution in [2.24, 2.45) is 0 Å². The number of hydrogen-bond acceptors (Lipinski definition) is 5. The predicted octanol–water partition coefficient (Wildman–Crippen LogP) is 4.47. The summed E-state index contributed by atoms with van der Waals surface area (Å²) in [6, 6.07) is 22.6. The average Bonchev–Trinajstić information content (AvgIpc) is 3.16. The van der Waals surface area contributed by atoms with Crippen molar-refractivity contribution in [1.82, 2.24) is 14.5 Å². The molecule has 0 bridgehead atoms. The summed E-state index contributed by atoms with van der Waals surface area (Å²) in [4.78, 5) is 41.8. The summed E-state index contributed by atoms with van der Waals surface area (Å²) in [5.41, 5.74) is 3.03. The Morgan fingerprint density at radius 2 is 1.59 bits per heavy atom. The minimum Gasteiger partial charge on any atom is -0.352 e. The van der Waals surface area contributed by atoms with Crippen LogP contribution in [0.15, 0.2) is 83.8 Å². The Labute approximate surface area is 242 Å². The average molecular weight is 576 g/mol. The molecule has 8 nitrogen and oxygen atoms in total. The van der Waals surface area contributed by atoms with Gasteiger partial charge in [0.1, 0.15) is 10.9 Å². The summed E-state index contributed by atoms with van der Waals surface area (Å²) in [6.45, 7) is 5.99. The second-order valence-electron chi connectivity index (χ2n) is 10.5. The molecule has 0 unspecified atom stereocenters. The fraction of sp³-hybridized carbons (Fsp3) is 0.344. The van der Waals surface area contributed by atoms with E-state index in [9.17, 15) is 22.8 Å². The van der Waals surface area contributed by atoms with E-state index < -0.39 is 22.0 Å². The highest BCUT2D eigenvalue weighted by Gasteiger charge is 2.40. The molecular formula is C32H37N3O5S. The second kappa shape index (κ2) is 13.1. The maximum absolute atomic E-state index is 13.8. The zero-order valence-electron chi connectivity index (χ0n) is 23.7. The molecular weight excluding hydrogens is 538 g/mol. The number of nitrogens with zero attached hydrogens (tertiary/aromatic N) is 2. The molecule has 3 aromatic rings. The van der Waals surface area contributed by atoms with Gasteiger partial charge in [-0.1, -0.05) is 79.2 Å². The first-order valence-electron chi connectivity index (χ1n) is 14.0. The predicted molar refractivity (Wildman–Crippen MR) is 157 cm³/mol. The van der Waals surface area contributed by atoms with Crippen LogP contribution in [0.1, 0.15) is 60.2 Å². The van der Waals surface area contributed by atoms with Crippen LogP contribution in [0.5, 0.6) is 0 Å². The molecule has 4 rings (SSSR count). The molecule has 0 aliphatic carbocycles. The van der Waals surface area contributed by atoms with Gasteiger partial charge in [-0.2, -0.15) is 0 Å². The summed E-state index contributed by atoms with van der Waals surface area (Å²) in [6.07, 6.45) is 1.18. The van der Waals surface area contributed by atoms with Gasteiger partial charge in [-0.05, 0) is 49.9 Å². The number of amides is 3. The van der Waals surface area contributed by atoms with Gasteiger partial charge in [0.2, 0.25) is 11.8 Å². The molecule has 1 heterocycles. The van der Waals surface area contributed by atoms with E-state index in [-0.39, 0.29) is 54.2 Å². The summed E-state index contributed by atoms with van der Waals surface area (Å²) in [7, 11) is -3.96. The summed E-state index contributed by atoms with van der Waals surface area (Å²) < 4.78 is 26.8. The number of hydrogen-bond donors (Lipinski definition) is 1. The lowest BCUT2D eigenvalue weighted by atomic mass is 10.0. The van der Waals surface area contributed by atoms with Crippen molar-refractivity contribution in [1.29, 1.82) is 0 Å². The third-order valence-corrected chi connectivity index (χ3v) is 9.25. The SMILES string of the molecule is CC[C@@H](C)NC(=O)[C@@H](Cc1ccccc1)N(Cc1ccc(C)cc1)C(=O)CCCN1C(=O)c2ccccc2S1(=O)=O. The van der Waals surface area contributed by atoms with Crippen LogP contribution in [0.4, 0.5) is 0 Å². The highest BCUT2D eigenvalue weighted by Crippen LogP contribution is 2.30.